The van der Waals surface area contributed by atoms with E-state index in [1.54, 1.807) is 0 Å². The molecule has 0 fully saturated rings. The van der Waals surface area contributed by atoms with Crippen LogP contribution in [-0.2, 0) is 6.42 Å². The number of hydrogen-bond acceptors (Lipinski definition) is 3. The van der Waals surface area contributed by atoms with Crippen molar-refractivity contribution in [2.75, 3.05) is 6.54 Å². The normalized spacial score (nSPS) is 12.9. The van der Waals surface area contributed by atoms with Crippen molar-refractivity contribution in [3.8, 4) is 0 Å². The third kappa shape index (κ3) is 3.42. The van der Waals surface area contributed by atoms with E-state index in [0.717, 1.165) is 13.0 Å². The second kappa shape index (κ2) is 5.96. The van der Waals surface area contributed by atoms with Crippen LogP contribution < -0.4 is 5.32 Å². The summed E-state index contributed by atoms with van der Waals surface area (Å²) in [4.78, 5) is 2.84. The molecule has 0 amide bonds. The summed E-state index contributed by atoms with van der Waals surface area (Å²) in [5, 5.41) is 5.67. The fraction of sp³-hybridized carbons (Fsp3) is 0.333. The van der Waals surface area contributed by atoms with Crippen LogP contribution in [0.25, 0.3) is 0 Å². The van der Waals surface area contributed by atoms with Gasteiger partial charge in [0.25, 0.3) is 0 Å². The Morgan fingerprint density at radius 3 is 2.88 bits per heavy atom. The predicted molar refractivity (Wildman–Crippen MR) is 76.5 cm³/mol. The van der Waals surface area contributed by atoms with Gasteiger partial charge in [0.1, 0.15) is 0 Å². The molecule has 1 unspecified atom stereocenters. The van der Waals surface area contributed by atoms with Crippen LogP contribution in [0.3, 0.4) is 0 Å². The molecule has 0 bridgehead atoms. The predicted octanol–water partition coefficient (Wildman–Crippen LogP) is 4.47. The molecule has 2 aromatic heterocycles. The average Bonchev–Trinajstić information content (AvgIpc) is 2.89. The molecule has 0 saturated heterocycles. The first-order valence-electron chi connectivity index (χ1n) is 5.26. The molecular formula is C12H14BrNS2. The Morgan fingerprint density at radius 1 is 1.38 bits per heavy atom. The van der Waals surface area contributed by atoms with Gasteiger partial charge in [-0.1, -0.05) is 6.07 Å². The summed E-state index contributed by atoms with van der Waals surface area (Å²) in [6.07, 6.45) is 1.10. The standard InChI is InChI=1S/C12H14BrNS2/c1-9(11-3-2-8-15-11)14-7-6-10-4-5-12(13)16-10/h2-5,8-9,14H,6-7H2,1H3. The summed E-state index contributed by atoms with van der Waals surface area (Å²) in [6.45, 7) is 3.25. The van der Waals surface area contributed by atoms with E-state index in [1.807, 2.05) is 22.7 Å². The van der Waals surface area contributed by atoms with Gasteiger partial charge in [0, 0.05) is 22.3 Å². The zero-order valence-corrected chi connectivity index (χ0v) is 12.3. The van der Waals surface area contributed by atoms with Gasteiger partial charge in [-0.2, -0.15) is 0 Å². The lowest BCUT2D eigenvalue weighted by Gasteiger charge is -2.11. The number of rotatable bonds is 5. The topological polar surface area (TPSA) is 12.0 Å². The van der Waals surface area contributed by atoms with Crippen LogP contribution >= 0.6 is 38.6 Å². The summed E-state index contributed by atoms with van der Waals surface area (Å²) in [6, 6.07) is 9.05. The molecule has 2 rings (SSSR count). The summed E-state index contributed by atoms with van der Waals surface area (Å²) in [5.74, 6) is 0. The lowest BCUT2D eigenvalue weighted by Crippen LogP contribution is -2.20. The monoisotopic (exact) mass is 315 g/mol. The van der Waals surface area contributed by atoms with Crippen LogP contribution in [-0.4, -0.2) is 6.54 Å². The highest BCUT2D eigenvalue weighted by atomic mass is 79.9. The van der Waals surface area contributed by atoms with E-state index < -0.39 is 0 Å². The zero-order chi connectivity index (χ0) is 11.4. The minimum Gasteiger partial charge on any atom is -0.309 e. The highest BCUT2D eigenvalue weighted by Crippen LogP contribution is 2.22. The molecule has 16 heavy (non-hydrogen) atoms. The summed E-state index contributed by atoms with van der Waals surface area (Å²) < 4.78 is 1.22. The third-order valence-corrected chi connectivity index (χ3v) is 5.16. The maximum absolute atomic E-state index is 3.54. The van der Waals surface area contributed by atoms with Gasteiger partial charge >= 0.3 is 0 Å². The smallest absolute Gasteiger partial charge is 0.0701 e. The Balaban J connectivity index is 1.76. The van der Waals surface area contributed by atoms with E-state index >= 15 is 0 Å². The van der Waals surface area contributed by atoms with Gasteiger partial charge in [-0.05, 0) is 52.9 Å². The van der Waals surface area contributed by atoms with Crippen molar-refractivity contribution in [1.82, 2.24) is 5.32 Å². The number of thiophene rings is 2. The zero-order valence-electron chi connectivity index (χ0n) is 9.07. The lowest BCUT2D eigenvalue weighted by atomic mass is 10.2. The van der Waals surface area contributed by atoms with Crippen LogP contribution in [0.4, 0.5) is 0 Å². The number of halogens is 1. The van der Waals surface area contributed by atoms with Crippen LogP contribution in [0.1, 0.15) is 22.7 Å². The fourth-order valence-corrected chi connectivity index (χ4v) is 3.78. The molecule has 2 aromatic rings. The number of nitrogens with one attached hydrogen (secondary N) is 1. The maximum atomic E-state index is 3.54. The molecule has 0 aliphatic carbocycles. The Bertz CT molecular complexity index is 422. The van der Waals surface area contributed by atoms with Crippen molar-refractivity contribution in [2.24, 2.45) is 0 Å². The fourth-order valence-electron chi connectivity index (χ4n) is 1.54. The Labute approximate surface area is 113 Å². The SMILES string of the molecule is CC(NCCc1ccc(Br)s1)c1cccs1. The van der Waals surface area contributed by atoms with E-state index in [0.29, 0.717) is 6.04 Å². The third-order valence-electron chi connectivity index (χ3n) is 2.42. The van der Waals surface area contributed by atoms with Crippen LogP contribution in [0.2, 0.25) is 0 Å². The van der Waals surface area contributed by atoms with E-state index in [4.69, 9.17) is 0 Å². The Hall–Kier alpha value is -0.160. The Kier molecular flexibility index (Phi) is 4.58. The number of hydrogen-bond donors (Lipinski definition) is 1. The maximum Gasteiger partial charge on any atom is 0.0701 e. The first-order valence-corrected chi connectivity index (χ1v) is 7.75. The van der Waals surface area contributed by atoms with Gasteiger partial charge in [-0.15, -0.1) is 22.7 Å². The first-order chi connectivity index (χ1) is 7.75. The molecule has 1 nitrogen and oxygen atoms in total. The highest BCUT2D eigenvalue weighted by Gasteiger charge is 2.05. The van der Waals surface area contributed by atoms with Crippen LogP contribution in [0.5, 0.6) is 0 Å². The molecule has 0 saturated carbocycles. The van der Waals surface area contributed by atoms with Crippen LogP contribution in [0, 0.1) is 0 Å². The van der Waals surface area contributed by atoms with Gasteiger partial charge in [0.2, 0.25) is 0 Å². The molecular weight excluding hydrogens is 302 g/mol. The van der Waals surface area contributed by atoms with Crippen LogP contribution in [0.15, 0.2) is 33.4 Å². The molecule has 0 radical (unpaired) electrons. The van der Waals surface area contributed by atoms with Crippen molar-refractivity contribution in [3.05, 3.63) is 43.2 Å². The average molecular weight is 316 g/mol. The first kappa shape index (κ1) is 12.3. The Morgan fingerprint density at radius 2 is 2.25 bits per heavy atom. The molecule has 2 heterocycles. The molecule has 0 aromatic carbocycles. The molecule has 0 spiro atoms. The van der Waals surface area contributed by atoms with Crippen molar-refractivity contribution in [3.63, 3.8) is 0 Å². The largest absolute Gasteiger partial charge is 0.309 e. The van der Waals surface area contributed by atoms with Crippen molar-refractivity contribution in [2.45, 2.75) is 19.4 Å². The van der Waals surface area contributed by atoms with Crippen molar-refractivity contribution < 1.29 is 0 Å². The summed E-state index contributed by atoms with van der Waals surface area (Å²) in [7, 11) is 0. The van der Waals surface area contributed by atoms with Crippen molar-refractivity contribution in [1.29, 1.82) is 0 Å². The van der Waals surface area contributed by atoms with Gasteiger partial charge in [0.05, 0.1) is 3.79 Å². The molecule has 1 atom stereocenters. The van der Waals surface area contributed by atoms with Gasteiger partial charge in [-0.25, -0.2) is 0 Å². The molecule has 86 valence electrons. The highest BCUT2D eigenvalue weighted by molar-refractivity contribution is 9.11. The lowest BCUT2D eigenvalue weighted by molar-refractivity contribution is 0.586. The van der Waals surface area contributed by atoms with Crippen molar-refractivity contribution >= 4 is 38.6 Å². The quantitative estimate of drug-likeness (QED) is 0.858. The van der Waals surface area contributed by atoms with E-state index in [-0.39, 0.29) is 0 Å². The second-order valence-electron chi connectivity index (χ2n) is 3.65. The molecule has 1 N–H and O–H groups in total. The van der Waals surface area contributed by atoms with E-state index in [9.17, 15) is 0 Å². The van der Waals surface area contributed by atoms with Gasteiger partial charge < -0.3 is 5.32 Å². The van der Waals surface area contributed by atoms with E-state index in [2.05, 4.69) is 57.8 Å². The second-order valence-corrected chi connectivity index (χ2v) is 7.17. The molecule has 0 aliphatic rings. The van der Waals surface area contributed by atoms with E-state index in [1.165, 1.54) is 13.5 Å². The van der Waals surface area contributed by atoms with Gasteiger partial charge in [-0.3, -0.25) is 0 Å². The summed E-state index contributed by atoms with van der Waals surface area (Å²) >= 11 is 7.11. The minimum atomic E-state index is 0.461. The molecule has 0 aliphatic heterocycles. The van der Waals surface area contributed by atoms with Gasteiger partial charge in [0.15, 0.2) is 0 Å². The molecule has 4 heteroatoms. The minimum absolute atomic E-state index is 0.461. The summed E-state index contributed by atoms with van der Waals surface area (Å²) in [5.41, 5.74) is 0.